The molecule has 4 aliphatic rings. The van der Waals surface area contributed by atoms with Gasteiger partial charge in [0.1, 0.15) is 41.1 Å². The molecular formula is C51H62F4N10O6. The van der Waals surface area contributed by atoms with Crippen LogP contribution in [0.25, 0.3) is 22.1 Å². The van der Waals surface area contributed by atoms with Crippen LogP contribution in [0.2, 0.25) is 0 Å². The molecule has 0 bridgehead atoms. The highest BCUT2D eigenvalue weighted by atomic mass is 19.1. The number of halogens is 4. The molecule has 380 valence electrons. The third kappa shape index (κ3) is 9.53. The molecular weight excluding hydrogens is 925 g/mol. The largest absolute Gasteiger partial charge is 0.453 e. The predicted octanol–water partition coefficient (Wildman–Crippen LogP) is 9.16. The van der Waals surface area contributed by atoms with Gasteiger partial charge in [0.2, 0.25) is 11.8 Å². The van der Waals surface area contributed by atoms with E-state index in [1.54, 1.807) is 31.7 Å². The van der Waals surface area contributed by atoms with Gasteiger partial charge in [0.05, 0.1) is 60.5 Å². The van der Waals surface area contributed by atoms with Crippen molar-refractivity contribution in [2.24, 2.45) is 11.8 Å². The van der Waals surface area contributed by atoms with Crippen molar-refractivity contribution in [1.82, 2.24) is 40.4 Å². The van der Waals surface area contributed by atoms with Crippen molar-refractivity contribution < 1.29 is 46.2 Å². The summed E-state index contributed by atoms with van der Waals surface area (Å²) in [5.41, 5.74) is 1.97. The lowest BCUT2D eigenvalue weighted by atomic mass is 10.0. The third-order valence-electron chi connectivity index (χ3n) is 14.8. The molecule has 6 atom stereocenters. The highest BCUT2D eigenvalue weighted by molar-refractivity contribution is 5.88. The number of nitrogens with one attached hydrogen (secondary N) is 4. The Morgan fingerprint density at radius 1 is 0.577 bits per heavy atom. The SMILES string of the molecule is COC(=O)N[C@H](C(=O)N1CCC[C@H]1c1nc2cc(F)c([C@H]3CC[C@H](c4cc5[nH]c([C@@H]6CCCN6C(=O)[C@@H](NC(=O)OC)C(C)C)nc5cc4F)N3c3cc(F)c(N4CCCCC4)c(F)c3)cc2[nH]1)C(C)C. The number of aromatic nitrogens is 4. The van der Waals surface area contributed by atoms with Gasteiger partial charge in [0.15, 0.2) is 11.6 Å². The lowest BCUT2D eigenvalue weighted by Crippen LogP contribution is -2.51. The Kier molecular flexibility index (Phi) is 14.1. The number of benzene rings is 3. The van der Waals surface area contributed by atoms with Gasteiger partial charge in [-0.15, -0.1) is 0 Å². The number of fused-ring (bicyclic) bond motifs is 2. The van der Waals surface area contributed by atoms with Crippen molar-refractivity contribution in [3.05, 3.63) is 82.4 Å². The minimum atomic E-state index is -0.851. The van der Waals surface area contributed by atoms with Crippen LogP contribution in [0.3, 0.4) is 0 Å². The maximum Gasteiger partial charge on any atom is 0.407 e. The van der Waals surface area contributed by atoms with Crippen LogP contribution < -0.4 is 20.4 Å². The minimum Gasteiger partial charge on any atom is -0.453 e. The number of nitrogens with zero attached hydrogens (tertiary/aromatic N) is 6. The molecule has 2 aromatic heterocycles. The van der Waals surface area contributed by atoms with Crippen LogP contribution in [0.15, 0.2) is 36.4 Å². The zero-order chi connectivity index (χ0) is 50.4. The summed E-state index contributed by atoms with van der Waals surface area (Å²) in [5.74, 6) is -2.98. The van der Waals surface area contributed by atoms with E-state index in [1.807, 2.05) is 27.7 Å². The summed E-state index contributed by atoms with van der Waals surface area (Å²) in [5, 5.41) is 5.30. The van der Waals surface area contributed by atoms with Crippen LogP contribution in [-0.2, 0) is 19.1 Å². The van der Waals surface area contributed by atoms with Crippen LogP contribution in [-0.4, -0.2) is 106 Å². The van der Waals surface area contributed by atoms with Crippen molar-refractivity contribution in [3.8, 4) is 0 Å². The number of amides is 4. The van der Waals surface area contributed by atoms with Crippen LogP contribution in [0.5, 0.6) is 0 Å². The summed E-state index contributed by atoms with van der Waals surface area (Å²) in [7, 11) is 2.46. The smallest absolute Gasteiger partial charge is 0.407 e. The number of anilines is 2. The minimum absolute atomic E-state index is 0.114. The van der Waals surface area contributed by atoms with Crippen molar-refractivity contribution in [3.63, 3.8) is 0 Å². The fraction of sp³-hybridized carbons (Fsp3) is 0.529. The molecule has 4 fully saturated rings. The van der Waals surface area contributed by atoms with E-state index >= 15 is 17.6 Å². The number of alkyl carbamates (subject to hydrolysis) is 2. The highest BCUT2D eigenvalue weighted by Crippen LogP contribution is 2.50. The van der Waals surface area contributed by atoms with Gasteiger partial charge in [-0.05, 0) is 93.9 Å². The van der Waals surface area contributed by atoms with E-state index in [2.05, 4.69) is 20.6 Å². The first-order valence-corrected chi connectivity index (χ1v) is 24.8. The first-order valence-electron chi connectivity index (χ1n) is 24.8. The van der Waals surface area contributed by atoms with Gasteiger partial charge in [-0.1, -0.05) is 27.7 Å². The Labute approximate surface area is 409 Å². The normalized spacial score (nSPS) is 21.5. The lowest BCUT2D eigenvalue weighted by molar-refractivity contribution is -0.136. The molecule has 6 heterocycles. The topological polar surface area (TPSA) is 181 Å². The first kappa shape index (κ1) is 49.4. The van der Waals surface area contributed by atoms with Crippen LogP contribution in [0, 0.1) is 35.1 Å². The number of ether oxygens (including phenoxy) is 2. The number of carbonyl (C=O) groups is 4. The second kappa shape index (κ2) is 20.3. The van der Waals surface area contributed by atoms with Gasteiger partial charge >= 0.3 is 12.2 Å². The van der Waals surface area contributed by atoms with Gasteiger partial charge < -0.3 is 49.7 Å². The molecule has 20 heteroatoms. The first-order chi connectivity index (χ1) is 34.1. The number of piperidine rings is 1. The van der Waals surface area contributed by atoms with Crippen molar-refractivity contribution in [2.75, 3.05) is 50.2 Å². The molecule has 9 rings (SSSR count). The Bertz CT molecular complexity index is 2660. The fourth-order valence-corrected chi connectivity index (χ4v) is 11.3. The summed E-state index contributed by atoms with van der Waals surface area (Å²) in [6.45, 7) is 9.14. The quantitative estimate of drug-likeness (QED) is 0.0881. The molecule has 0 saturated carbocycles. The number of H-pyrrole nitrogens is 2. The number of aromatic amines is 2. The zero-order valence-electron chi connectivity index (χ0n) is 40.9. The van der Waals surface area contributed by atoms with Gasteiger partial charge in [-0.3, -0.25) is 9.59 Å². The Hall–Kier alpha value is -6.60. The molecule has 3 aromatic carbocycles. The summed E-state index contributed by atoms with van der Waals surface area (Å²) in [6, 6.07) is 4.05. The lowest BCUT2D eigenvalue weighted by Gasteiger charge is -2.35. The van der Waals surface area contributed by atoms with Gasteiger partial charge in [0.25, 0.3) is 0 Å². The monoisotopic (exact) mass is 986 g/mol. The number of methoxy groups -OCH3 is 2. The molecule has 4 N–H and O–H groups in total. The average molecular weight is 987 g/mol. The summed E-state index contributed by atoms with van der Waals surface area (Å²) in [6.07, 6.45) is 4.17. The Morgan fingerprint density at radius 2 is 1.01 bits per heavy atom. The van der Waals surface area contributed by atoms with E-state index in [0.717, 1.165) is 19.3 Å². The second-order valence-corrected chi connectivity index (χ2v) is 19.9. The number of hydrogen-bond acceptors (Lipinski definition) is 10. The Balaban J connectivity index is 1.07. The maximum atomic E-state index is 16.8. The third-order valence-corrected chi connectivity index (χ3v) is 14.8. The van der Waals surface area contributed by atoms with Gasteiger partial charge in [0, 0.05) is 55.1 Å². The molecule has 0 radical (unpaired) electrons. The molecule has 0 unspecified atom stereocenters. The zero-order valence-corrected chi connectivity index (χ0v) is 40.9. The molecule has 5 aromatic rings. The number of likely N-dealkylation sites (tertiary alicyclic amines) is 2. The summed E-state index contributed by atoms with van der Waals surface area (Å²) in [4.78, 5) is 75.1. The van der Waals surface area contributed by atoms with Crippen molar-refractivity contribution in [2.45, 2.75) is 122 Å². The van der Waals surface area contributed by atoms with Crippen molar-refractivity contribution >= 4 is 57.4 Å². The summed E-state index contributed by atoms with van der Waals surface area (Å²) < 4.78 is 76.0. The van der Waals surface area contributed by atoms with Crippen molar-refractivity contribution in [1.29, 1.82) is 0 Å². The number of rotatable bonds is 12. The van der Waals surface area contributed by atoms with Gasteiger partial charge in [-0.25, -0.2) is 37.1 Å². The molecule has 4 amide bonds. The second-order valence-electron chi connectivity index (χ2n) is 19.9. The average Bonchev–Trinajstić information content (AvgIpc) is 4.21. The number of imidazole rings is 2. The predicted molar refractivity (Wildman–Crippen MR) is 257 cm³/mol. The van der Waals surface area contributed by atoms with E-state index in [9.17, 15) is 19.2 Å². The van der Waals surface area contributed by atoms with Gasteiger partial charge in [-0.2, -0.15) is 0 Å². The summed E-state index contributed by atoms with van der Waals surface area (Å²) >= 11 is 0. The van der Waals surface area contributed by atoms with E-state index in [0.29, 0.717) is 85.6 Å². The number of carbonyl (C=O) groups excluding carboxylic acids is 4. The molecule has 0 aliphatic carbocycles. The molecule has 0 spiro atoms. The van der Waals surface area contributed by atoms with Crippen LogP contribution >= 0.6 is 0 Å². The number of hydrogen-bond donors (Lipinski definition) is 4. The van der Waals surface area contributed by atoms with E-state index < -0.39 is 71.7 Å². The van der Waals surface area contributed by atoms with E-state index in [1.165, 1.54) is 38.5 Å². The maximum absolute atomic E-state index is 16.8. The fourth-order valence-electron chi connectivity index (χ4n) is 11.3. The highest BCUT2D eigenvalue weighted by Gasteiger charge is 2.42. The molecule has 4 aliphatic heterocycles. The molecule has 4 saturated heterocycles. The van der Waals surface area contributed by atoms with Crippen LogP contribution in [0.1, 0.15) is 132 Å². The van der Waals surface area contributed by atoms with E-state index in [-0.39, 0.29) is 59.0 Å². The molecule has 16 nitrogen and oxygen atoms in total. The van der Waals surface area contributed by atoms with E-state index in [4.69, 9.17) is 19.4 Å². The Morgan fingerprint density at radius 3 is 1.42 bits per heavy atom. The molecule has 71 heavy (non-hydrogen) atoms. The van der Waals surface area contributed by atoms with Crippen LogP contribution in [0.4, 0.5) is 38.5 Å². The standard InChI is InChI=1S/C51H62F4N10O6/c1-26(2)43(60-50(68)70-5)48(66)63-18-10-12-41(63)46-56-35-22-29(31(52)24-37(35)58-46)39-14-15-40(65(39)28-20-33(54)45(34(55)21-28)62-16-8-7-9-17-62)30-23-36-38(25-32(30)53)59-47(57-36)42-13-11-19-64(42)49(67)44(27(3)4)61-51(69)71-6/h20-27,39-44H,7-19H2,1-6H3,(H,56,58)(H,57,59)(H,60,68)(H,61,69)/t39-,40-,41+,42+,43+,44+/m1/s1.